The summed E-state index contributed by atoms with van der Waals surface area (Å²) in [5.41, 5.74) is 0. The Morgan fingerprint density at radius 3 is 2.79 bits per heavy atom. The van der Waals surface area contributed by atoms with Gasteiger partial charge in [-0.15, -0.1) is 0 Å². The van der Waals surface area contributed by atoms with Crippen molar-refractivity contribution in [2.75, 3.05) is 20.3 Å². The molecule has 1 saturated heterocycles. The van der Waals surface area contributed by atoms with E-state index in [0.717, 1.165) is 19.4 Å². The second-order valence-corrected chi connectivity index (χ2v) is 4.00. The molecule has 0 aromatic heterocycles. The van der Waals surface area contributed by atoms with E-state index in [1.807, 2.05) is 0 Å². The first-order chi connectivity index (χ1) is 6.77. The minimum Gasteiger partial charge on any atom is -0.379 e. The van der Waals surface area contributed by atoms with Crippen molar-refractivity contribution in [1.29, 1.82) is 0 Å². The molecule has 3 heteroatoms. The van der Waals surface area contributed by atoms with E-state index in [1.165, 1.54) is 6.42 Å². The van der Waals surface area contributed by atoms with Crippen LogP contribution in [0.3, 0.4) is 0 Å². The van der Waals surface area contributed by atoms with Crippen LogP contribution in [0.2, 0.25) is 0 Å². The van der Waals surface area contributed by atoms with Crippen molar-refractivity contribution in [3.05, 3.63) is 0 Å². The highest BCUT2D eigenvalue weighted by Gasteiger charge is 2.31. The molecule has 14 heavy (non-hydrogen) atoms. The van der Waals surface area contributed by atoms with E-state index in [4.69, 9.17) is 14.2 Å². The number of hydrogen-bond acceptors (Lipinski definition) is 3. The fraction of sp³-hybridized carbons (Fsp3) is 1.00. The topological polar surface area (TPSA) is 27.7 Å². The molecule has 0 aromatic rings. The van der Waals surface area contributed by atoms with Crippen LogP contribution in [-0.4, -0.2) is 32.7 Å². The van der Waals surface area contributed by atoms with Crippen LogP contribution in [0.25, 0.3) is 0 Å². The Morgan fingerprint density at radius 2 is 2.21 bits per heavy atom. The lowest BCUT2D eigenvalue weighted by molar-refractivity contribution is -0.140. The van der Waals surface area contributed by atoms with Crippen LogP contribution in [0.15, 0.2) is 0 Å². The summed E-state index contributed by atoms with van der Waals surface area (Å²) in [4.78, 5) is 0. The van der Waals surface area contributed by atoms with Crippen LogP contribution in [0.1, 0.15) is 33.1 Å². The molecule has 1 aliphatic rings. The lowest BCUT2D eigenvalue weighted by atomic mass is 10.1. The van der Waals surface area contributed by atoms with E-state index in [2.05, 4.69) is 13.8 Å². The van der Waals surface area contributed by atoms with Gasteiger partial charge in [0.05, 0.1) is 12.7 Å². The number of ether oxygens (including phenoxy) is 3. The highest BCUT2D eigenvalue weighted by Crippen LogP contribution is 2.26. The van der Waals surface area contributed by atoms with Crippen molar-refractivity contribution in [2.24, 2.45) is 5.92 Å². The quantitative estimate of drug-likeness (QED) is 0.618. The summed E-state index contributed by atoms with van der Waals surface area (Å²) < 4.78 is 16.4. The summed E-state index contributed by atoms with van der Waals surface area (Å²) in [5, 5.41) is 0. The zero-order chi connectivity index (χ0) is 10.4. The molecule has 0 aromatic carbocycles. The molecule has 84 valence electrons. The SMILES string of the molecule is CCCCOC[C@@H]1C[C@H](C)[C@@H](OC)O1. The zero-order valence-electron chi connectivity index (χ0n) is 9.49. The fourth-order valence-electron chi connectivity index (χ4n) is 1.76. The summed E-state index contributed by atoms with van der Waals surface area (Å²) >= 11 is 0. The third-order valence-electron chi connectivity index (χ3n) is 2.60. The van der Waals surface area contributed by atoms with Crippen LogP contribution in [0.5, 0.6) is 0 Å². The van der Waals surface area contributed by atoms with Crippen LogP contribution in [-0.2, 0) is 14.2 Å². The molecule has 0 saturated carbocycles. The monoisotopic (exact) mass is 202 g/mol. The van der Waals surface area contributed by atoms with Crippen LogP contribution >= 0.6 is 0 Å². The zero-order valence-corrected chi connectivity index (χ0v) is 9.49. The lowest BCUT2D eigenvalue weighted by Gasteiger charge is -2.13. The second kappa shape index (κ2) is 6.38. The minimum absolute atomic E-state index is 0.0326. The summed E-state index contributed by atoms with van der Waals surface area (Å²) in [7, 11) is 1.70. The van der Waals surface area contributed by atoms with Crippen molar-refractivity contribution in [2.45, 2.75) is 45.5 Å². The predicted octanol–water partition coefficient (Wildman–Crippen LogP) is 2.20. The Kier molecular flexibility index (Phi) is 5.45. The third-order valence-corrected chi connectivity index (χ3v) is 2.60. The highest BCUT2D eigenvalue weighted by molar-refractivity contribution is 4.73. The van der Waals surface area contributed by atoms with Crippen molar-refractivity contribution < 1.29 is 14.2 Å². The Hall–Kier alpha value is -0.120. The average Bonchev–Trinajstić information content (AvgIpc) is 2.54. The standard InChI is InChI=1S/C11H22O3/c1-4-5-6-13-8-10-7-9(2)11(12-3)14-10/h9-11H,4-8H2,1-3H3/t9-,10-,11-/m0/s1. The van der Waals surface area contributed by atoms with E-state index < -0.39 is 0 Å². The molecule has 0 N–H and O–H groups in total. The van der Waals surface area contributed by atoms with Gasteiger partial charge in [0.15, 0.2) is 6.29 Å². The van der Waals surface area contributed by atoms with E-state index >= 15 is 0 Å². The molecule has 1 heterocycles. The molecule has 0 bridgehead atoms. The second-order valence-electron chi connectivity index (χ2n) is 4.00. The highest BCUT2D eigenvalue weighted by atomic mass is 16.7. The summed E-state index contributed by atoms with van der Waals surface area (Å²) in [6, 6.07) is 0. The summed E-state index contributed by atoms with van der Waals surface area (Å²) in [6.45, 7) is 5.88. The summed E-state index contributed by atoms with van der Waals surface area (Å²) in [6.07, 6.45) is 3.56. The third kappa shape index (κ3) is 3.56. The molecule has 1 aliphatic heterocycles. The van der Waals surface area contributed by atoms with Crippen LogP contribution < -0.4 is 0 Å². The van der Waals surface area contributed by atoms with Gasteiger partial charge < -0.3 is 14.2 Å². The minimum atomic E-state index is -0.0326. The molecule has 3 atom stereocenters. The molecule has 3 nitrogen and oxygen atoms in total. The fourth-order valence-corrected chi connectivity index (χ4v) is 1.76. The van der Waals surface area contributed by atoms with Crippen molar-refractivity contribution in [1.82, 2.24) is 0 Å². The smallest absolute Gasteiger partial charge is 0.160 e. The number of methoxy groups -OCH3 is 1. The molecule has 1 fully saturated rings. The van der Waals surface area contributed by atoms with Gasteiger partial charge in [-0.25, -0.2) is 0 Å². The van der Waals surface area contributed by atoms with Gasteiger partial charge in [-0.1, -0.05) is 20.3 Å². The molecule has 0 amide bonds. The van der Waals surface area contributed by atoms with Gasteiger partial charge in [0.2, 0.25) is 0 Å². The van der Waals surface area contributed by atoms with E-state index in [1.54, 1.807) is 7.11 Å². The van der Waals surface area contributed by atoms with Crippen molar-refractivity contribution in [3.8, 4) is 0 Å². The van der Waals surface area contributed by atoms with Gasteiger partial charge in [-0.3, -0.25) is 0 Å². The number of unbranched alkanes of at least 4 members (excludes halogenated alkanes) is 1. The molecular formula is C11H22O3. The Bertz CT molecular complexity index is 149. The Morgan fingerprint density at radius 1 is 1.43 bits per heavy atom. The Balaban J connectivity index is 2.09. The van der Waals surface area contributed by atoms with Gasteiger partial charge in [0, 0.05) is 19.6 Å². The molecule has 0 radical (unpaired) electrons. The van der Waals surface area contributed by atoms with Gasteiger partial charge in [0.25, 0.3) is 0 Å². The Labute approximate surface area is 86.7 Å². The molecule has 0 unspecified atom stereocenters. The van der Waals surface area contributed by atoms with E-state index in [-0.39, 0.29) is 12.4 Å². The first-order valence-electron chi connectivity index (χ1n) is 5.54. The molecule has 0 spiro atoms. The first-order valence-corrected chi connectivity index (χ1v) is 5.54. The average molecular weight is 202 g/mol. The van der Waals surface area contributed by atoms with Crippen LogP contribution in [0, 0.1) is 5.92 Å². The molecular weight excluding hydrogens is 180 g/mol. The lowest BCUT2D eigenvalue weighted by Crippen LogP contribution is -2.19. The summed E-state index contributed by atoms with van der Waals surface area (Å²) in [5.74, 6) is 0.486. The molecule has 1 rings (SSSR count). The maximum absolute atomic E-state index is 5.66. The number of rotatable bonds is 6. The van der Waals surface area contributed by atoms with Gasteiger partial charge in [0.1, 0.15) is 0 Å². The van der Waals surface area contributed by atoms with Crippen molar-refractivity contribution in [3.63, 3.8) is 0 Å². The van der Waals surface area contributed by atoms with Crippen molar-refractivity contribution >= 4 is 0 Å². The van der Waals surface area contributed by atoms with Crippen LogP contribution in [0.4, 0.5) is 0 Å². The normalized spacial score (nSPS) is 32.4. The first kappa shape index (κ1) is 12.0. The maximum atomic E-state index is 5.66. The molecule has 0 aliphatic carbocycles. The maximum Gasteiger partial charge on any atom is 0.160 e. The number of hydrogen-bond donors (Lipinski definition) is 0. The van der Waals surface area contributed by atoms with E-state index in [9.17, 15) is 0 Å². The predicted molar refractivity (Wildman–Crippen MR) is 55.2 cm³/mol. The largest absolute Gasteiger partial charge is 0.379 e. The van der Waals surface area contributed by atoms with Gasteiger partial charge >= 0.3 is 0 Å². The van der Waals surface area contributed by atoms with Gasteiger partial charge in [-0.05, 0) is 12.8 Å². The van der Waals surface area contributed by atoms with Gasteiger partial charge in [-0.2, -0.15) is 0 Å². The van der Waals surface area contributed by atoms with E-state index in [0.29, 0.717) is 12.5 Å².